The number of carboxylic acid groups (broad SMARTS) is 1. The van der Waals surface area contributed by atoms with Gasteiger partial charge in [-0.2, -0.15) is 0 Å². The molecule has 3 atom stereocenters. The third-order valence-electron chi connectivity index (χ3n) is 6.40. The minimum Gasteiger partial charge on any atom is -0.481 e. The molecule has 2 aliphatic heterocycles. The van der Waals surface area contributed by atoms with Gasteiger partial charge in [-0.3, -0.25) is 4.79 Å². The second kappa shape index (κ2) is 6.12. The zero-order chi connectivity index (χ0) is 18.5. The van der Waals surface area contributed by atoms with Crippen LogP contribution in [0.4, 0.5) is 4.79 Å². The van der Waals surface area contributed by atoms with Crippen molar-refractivity contribution >= 4 is 12.1 Å². The van der Waals surface area contributed by atoms with Crippen molar-refractivity contribution in [2.75, 3.05) is 6.61 Å². The predicted molar refractivity (Wildman–Crippen MR) is 99.5 cm³/mol. The first-order valence-electron chi connectivity index (χ1n) is 9.51. The summed E-state index contributed by atoms with van der Waals surface area (Å²) < 4.78 is 5.73. The molecule has 1 amide bonds. The van der Waals surface area contributed by atoms with Crippen molar-refractivity contribution in [2.45, 2.75) is 37.3 Å². The normalized spacial score (nSPS) is 25.3. The number of amides is 1. The summed E-state index contributed by atoms with van der Waals surface area (Å²) in [6.45, 7) is 0.278. The Morgan fingerprint density at radius 2 is 1.63 bits per heavy atom. The average Bonchev–Trinajstić information content (AvgIpc) is 3.36. The van der Waals surface area contributed by atoms with Gasteiger partial charge in [0.05, 0.1) is 5.92 Å². The fourth-order valence-electron chi connectivity index (χ4n) is 5.21. The monoisotopic (exact) mass is 363 g/mol. The molecule has 138 valence electrons. The lowest BCUT2D eigenvalue weighted by Crippen LogP contribution is -2.38. The average molecular weight is 363 g/mol. The van der Waals surface area contributed by atoms with Gasteiger partial charge in [0.2, 0.25) is 0 Å². The maximum absolute atomic E-state index is 12.8. The fourth-order valence-corrected chi connectivity index (χ4v) is 5.21. The summed E-state index contributed by atoms with van der Waals surface area (Å²) in [5.41, 5.74) is 4.75. The molecule has 2 aromatic rings. The maximum Gasteiger partial charge on any atom is 0.410 e. The zero-order valence-electron chi connectivity index (χ0n) is 14.9. The van der Waals surface area contributed by atoms with E-state index in [1.54, 1.807) is 4.90 Å². The van der Waals surface area contributed by atoms with E-state index in [2.05, 4.69) is 24.3 Å². The quantitative estimate of drug-likeness (QED) is 0.899. The summed E-state index contributed by atoms with van der Waals surface area (Å²) in [5.74, 6) is -1.24. The topological polar surface area (TPSA) is 66.8 Å². The van der Waals surface area contributed by atoms with Gasteiger partial charge in [0, 0.05) is 18.0 Å². The minimum atomic E-state index is -0.807. The van der Waals surface area contributed by atoms with Gasteiger partial charge in [0.25, 0.3) is 0 Å². The van der Waals surface area contributed by atoms with Crippen LogP contribution < -0.4 is 0 Å². The Balaban J connectivity index is 1.35. The van der Waals surface area contributed by atoms with Crippen LogP contribution in [-0.2, 0) is 9.53 Å². The molecule has 2 aromatic carbocycles. The molecule has 2 heterocycles. The Morgan fingerprint density at radius 3 is 2.22 bits per heavy atom. The van der Waals surface area contributed by atoms with Crippen molar-refractivity contribution in [3.63, 3.8) is 0 Å². The van der Waals surface area contributed by atoms with Gasteiger partial charge in [-0.25, -0.2) is 4.79 Å². The van der Waals surface area contributed by atoms with Crippen molar-refractivity contribution in [2.24, 2.45) is 5.92 Å². The first-order chi connectivity index (χ1) is 13.1. The standard InChI is InChI=1S/C22H21NO4/c24-21(25)18-11-13-9-10-20(18)23(13)22(26)27-12-19-16-7-3-1-5-14(16)15-6-2-4-8-17(15)19/h1-8,13,18-20H,9-12H2,(H,24,25)/t13-,18-,20+/m1/s1. The van der Waals surface area contributed by atoms with Gasteiger partial charge in [-0.05, 0) is 41.5 Å². The van der Waals surface area contributed by atoms with Crippen LogP contribution >= 0.6 is 0 Å². The molecule has 5 nitrogen and oxygen atoms in total. The van der Waals surface area contributed by atoms with E-state index in [1.165, 1.54) is 22.3 Å². The van der Waals surface area contributed by atoms with Crippen LogP contribution in [0.25, 0.3) is 11.1 Å². The number of ether oxygens (including phenoxy) is 1. The summed E-state index contributed by atoms with van der Waals surface area (Å²) in [4.78, 5) is 25.9. The molecule has 0 aromatic heterocycles. The maximum atomic E-state index is 12.8. The highest BCUT2D eigenvalue weighted by atomic mass is 16.6. The van der Waals surface area contributed by atoms with Crippen LogP contribution in [0.1, 0.15) is 36.3 Å². The molecule has 0 spiro atoms. The Labute approximate surface area is 157 Å². The van der Waals surface area contributed by atoms with Gasteiger partial charge in [0.15, 0.2) is 0 Å². The van der Waals surface area contributed by atoms with Gasteiger partial charge in [-0.15, -0.1) is 0 Å². The highest BCUT2D eigenvalue weighted by Gasteiger charge is 2.52. The molecule has 1 aliphatic carbocycles. The van der Waals surface area contributed by atoms with E-state index in [1.807, 2.05) is 24.3 Å². The summed E-state index contributed by atoms with van der Waals surface area (Å²) >= 11 is 0. The van der Waals surface area contributed by atoms with E-state index in [0.29, 0.717) is 6.42 Å². The molecule has 0 saturated carbocycles. The van der Waals surface area contributed by atoms with Crippen LogP contribution in [-0.4, -0.2) is 40.8 Å². The highest BCUT2D eigenvalue weighted by molar-refractivity contribution is 5.79. The fraction of sp³-hybridized carbons (Fsp3) is 0.364. The van der Waals surface area contributed by atoms with Gasteiger partial charge >= 0.3 is 12.1 Å². The van der Waals surface area contributed by atoms with E-state index < -0.39 is 11.9 Å². The van der Waals surface area contributed by atoms with Crippen LogP contribution in [0, 0.1) is 5.92 Å². The second-order valence-corrected chi connectivity index (χ2v) is 7.69. The van der Waals surface area contributed by atoms with Crippen LogP contribution in [0.15, 0.2) is 48.5 Å². The van der Waals surface area contributed by atoms with E-state index in [0.717, 1.165) is 12.8 Å². The molecule has 5 rings (SSSR count). The lowest BCUT2D eigenvalue weighted by Gasteiger charge is -2.23. The zero-order valence-corrected chi connectivity index (χ0v) is 14.9. The minimum absolute atomic E-state index is 0.00625. The van der Waals surface area contributed by atoms with Crippen molar-refractivity contribution in [3.8, 4) is 11.1 Å². The molecule has 5 heteroatoms. The summed E-state index contributed by atoms with van der Waals surface area (Å²) in [6.07, 6.45) is 1.81. The van der Waals surface area contributed by atoms with E-state index in [9.17, 15) is 14.7 Å². The summed E-state index contributed by atoms with van der Waals surface area (Å²) in [7, 11) is 0. The molecular weight excluding hydrogens is 342 g/mol. The summed E-state index contributed by atoms with van der Waals surface area (Å²) in [6, 6.07) is 16.3. The third-order valence-corrected chi connectivity index (χ3v) is 6.40. The molecule has 1 N–H and O–H groups in total. The van der Waals surface area contributed by atoms with E-state index in [4.69, 9.17) is 4.74 Å². The molecule has 3 aliphatic rings. The molecule has 2 fully saturated rings. The SMILES string of the molecule is O=C(O)[C@@H]1C[C@H]2CC[C@@H]1N2C(=O)OCC1c2ccccc2-c2ccccc21. The number of fused-ring (bicyclic) bond motifs is 5. The Hall–Kier alpha value is -2.82. The van der Waals surface area contributed by atoms with Gasteiger partial charge in [-0.1, -0.05) is 48.5 Å². The van der Waals surface area contributed by atoms with Crippen molar-refractivity contribution in [3.05, 3.63) is 59.7 Å². The molecule has 2 bridgehead atoms. The Kier molecular flexibility index (Phi) is 3.71. The van der Waals surface area contributed by atoms with Gasteiger partial charge in [0.1, 0.15) is 6.61 Å². The molecule has 0 unspecified atom stereocenters. The number of nitrogens with zero attached hydrogens (tertiary/aromatic N) is 1. The molecule has 27 heavy (non-hydrogen) atoms. The summed E-state index contributed by atoms with van der Waals surface area (Å²) in [5, 5.41) is 9.38. The van der Waals surface area contributed by atoms with Crippen molar-refractivity contribution in [1.82, 2.24) is 4.90 Å². The number of hydrogen-bond acceptors (Lipinski definition) is 3. The second-order valence-electron chi connectivity index (χ2n) is 7.69. The molecular formula is C22H21NO4. The molecule has 0 radical (unpaired) electrons. The molecule has 2 saturated heterocycles. The number of carboxylic acids is 1. The largest absolute Gasteiger partial charge is 0.481 e. The van der Waals surface area contributed by atoms with E-state index in [-0.39, 0.29) is 30.7 Å². The smallest absolute Gasteiger partial charge is 0.410 e. The Morgan fingerprint density at radius 1 is 1.00 bits per heavy atom. The number of benzene rings is 2. The highest BCUT2D eigenvalue weighted by Crippen LogP contribution is 2.45. The van der Waals surface area contributed by atoms with E-state index >= 15 is 0 Å². The van der Waals surface area contributed by atoms with Crippen molar-refractivity contribution in [1.29, 1.82) is 0 Å². The van der Waals surface area contributed by atoms with Crippen molar-refractivity contribution < 1.29 is 19.4 Å². The first kappa shape index (κ1) is 16.4. The van der Waals surface area contributed by atoms with Crippen LogP contribution in [0.2, 0.25) is 0 Å². The number of aliphatic carboxylic acids is 1. The van der Waals surface area contributed by atoms with Gasteiger partial charge < -0.3 is 14.7 Å². The van der Waals surface area contributed by atoms with Crippen LogP contribution in [0.3, 0.4) is 0 Å². The number of carbonyl (C=O) groups excluding carboxylic acids is 1. The predicted octanol–water partition coefficient (Wildman–Crippen LogP) is 3.87. The lowest BCUT2D eigenvalue weighted by molar-refractivity contribution is -0.142. The van der Waals surface area contributed by atoms with Crippen LogP contribution in [0.5, 0.6) is 0 Å². The number of hydrogen-bond donors (Lipinski definition) is 1. The lowest BCUT2D eigenvalue weighted by atomic mass is 9.89. The first-order valence-corrected chi connectivity index (χ1v) is 9.51. The number of rotatable bonds is 3. The number of carbonyl (C=O) groups is 2. The Bertz CT molecular complexity index is 879. The third kappa shape index (κ3) is 2.45.